The molecule has 0 bridgehead atoms. The molecule has 0 aliphatic carbocycles. The number of rotatable bonds is 6. The molecule has 1 N–H and O–H groups in total. The van der Waals surface area contributed by atoms with Crippen LogP contribution in [0.2, 0.25) is 0 Å². The zero-order valence-electron chi connectivity index (χ0n) is 15.6. The van der Waals surface area contributed by atoms with Gasteiger partial charge in [0.1, 0.15) is 29.2 Å². The quantitative estimate of drug-likeness (QED) is 0.622. The summed E-state index contributed by atoms with van der Waals surface area (Å²) in [5.41, 5.74) is 0.633. The molecule has 0 unspecified atom stereocenters. The van der Waals surface area contributed by atoms with Gasteiger partial charge in [-0.05, 0) is 35.9 Å². The van der Waals surface area contributed by atoms with E-state index < -0.39 is 17.8 Å². The number of hydrogen-bond donors (Lipinski definition) is 1. The van der Waals surface area contributed by atoms with E-state index >= 15 is 0 Å². The van der Waals surface area contributed by atoms with Crippen molar-refractivity contribution < 1.29 is 18.7 Å². The molecular formula is C20H19BrFN3O3. The predicted molar refractivity (Wildman–Crippen MR) is 106 cm³/mol. The average molecular weight is 448 g/mol. The molecule has 0 saturated heterocycles. The molecule has 3 aromatic rings. The highest BCUT2D eigenvalue weighted by Crippen LogP contribution is 2.30. The summed E-state index contributed by atoms with van der Waals surface area (Å²) < 4.78 is 27.3. The van der Waals surface area contributed by atoms with Crippen molar-refractivity contribution in [3.63, 3.8) is 0 Å². The third-order valence-electron chi connectivity index (χ3n) is 4.27. The van der Waals surface area contributed by atoms with E-state index in [2.05, 4.69) is 26.2 Å². The number of benzene rings is 2. The highest BCUT2D eigenvalue weighted by molar-refractivity contribution is 9.10. The van der Waals surface area contributed by atoms with Crippen molar-refractivity contribution in [3.8, 4) is 11.5 Å². The van der Waals surface area contributed by atoms with Gasteiger partial charge in [0, 0.05) is 30.0 Å². The second-order valence-corrected chi connectivity index (χ2v) is 6.99. The number of ether oxygens (including phenoxy) is 2. The maximum absolute atomic E-state index is 14.3. The van der Waals surface area contributed by atoms with Crippen LogP contribution < -0.4 is 14.8 Å². The van der Waals surface area contributed by atoms with E-state index in [-0.39, 0.29) is 5.56 Å². The maximum Gasteiger partial charge on any atom is 0.255 e. The Hall–Kier alpha value is -2.87. The van der Waals surface area contributed by atoms with Gasteiger partial charge in [-0.25, -0.2) is 9.37 Å². The van der Waals surface area contributed by atoms with Gasteiger partial charge in [0.15, 0.2) is 0 Å². The SMILES string of the molecule is COc1cc(OC)cc([C@@H](NC(=O)c2ccc(Br)cc2F)c2nccn2C)c1. The van der Waals surface area contributed by atoms with E-state index in [4.69, 9.17) is 9.47 Å². The Kier molecular flexibility index (Phi) is 5.99. The number of aromatic nitrogens is 2. The molecule has 0 aliphatic heterocycles. The summed E-state index contributed by atoms with van der Waals surface area (Å²) in [5.74, 6) is 0.546. The number of hydrogen-bond acceptors (Lipinski definition) is 4. The van der Waals surface area contributed by atoms with E-state index in [1.165, 1.54) is 12.1 Å². The van der Waals surface area contributed by atoms with Gasteiger partial charge in [0.05, 0.1) is 19.8 Å². The van der Waals surface area contributed by atoms with Crippen molar-refractivity contribution in [1.82, 2.24) is 14.9 Å². The summed E-state index contributed by atoms with van der Waals surface area (Å²) in [6.07, 6.45) is 3.40. The van der Waals surface area contributed by atoms with E-state index in [0.717, 1.165) is 0 Å². The van der Waals surface area contributed by atoms with Crippen LogP contribution in [0.15, 0.2) is 53.3 Å². The molecule has 1 aromatic heterocycles. The summed E-state index contributed by atoms with van der Waals surface area (Å²) in [5, 5.41) is 2.87. The van der Waals surface area contributed by atoms with Crippen LogP contribution in [-0.4, -0.2) is 29.7 Å². The molecule has 0 fully saturated rings. The van der Waals surface area contributed by atoms with Crippen LogP contribution in [0.4, 0.5) is 4.39 Å². The molecule has 1 amide bonds. The van der Waals surface area contributed by atoms with Crippen LogP contribution in [0.5, 0.6) is 11.5 Å². The van der Waals surface area contributed by atoms with E-state index in [9.17, 15) is 9.18 Å². The van der Waals surface area contributed by atoms with Crippen molar-refractivity contribution in [1.29, 1.82) is 0 Å². The van der Waals surface area contributed by atoms with Crippen molar-refractivity contribution in [3.05, 3.63) is 76.0 Å². The van der Waals surface area contributed by atoms with Crippen LogP contribution in [0.1, 0.15) is 27.8 Å². The Morgan fingerprint density at radius 2 is 1.86 bits per heavy atom. The minimum atomic E-state index is -0.639. The fourth-order valence-corrected chi connectivity index (χ4v) is 3.16. The number of halogens is 2. The largest absolute Gasteiger partial charge is 0.497 e. The fourth-order valence-electron chi connectivity index (χ4n) is 2.83. The first-order valence-corrected chi connectivity index (χ1v) is 9.18. The first-order chi connectivity index (χ1) is 13.4. The third-order valence-corrected chi connectivity index (χ3v) is 4.77. The molecule has 3 rings (SSSR count). The van der Waals surface area contributed by atoms with Gasteiger partial charge in [-0.15, -0.1) is 0 Å². The number of nitrogens with zero attached hydrogens (tertiary/aromatic N) is 2. The maximum atomic E-state index is 14.3. The summed E-state index contributed by atoms with van der Waals surface area (Å²) >= 11 is 3.19. The lowest BCUT2D eigenvalue weighted by molar-refractivity contribution is 0.0937. The molecular weight excluding hydrogens is 429 g/mol. The van der Waals surface area contributed by atoms with Gasteiger partial charge >= 0.3 is 0 Å². The summed E-state index contributed by atoms with van der Waals surface area (Å²) in [6, 6.07) is 8.94. The van der Waals surface area contributed by atoms with Crippen molar-refractivity contribution in [2.24, 2.45) is 7.05 Å². The number of imidazole rings is 1. The van der Waals surface area contributed by atoms with E-state index in [1.54, 1.807) is 55.4 Å². The number of nitrogens with one attached hydrogen (secondary N) is 1. The van der Waals surface area contributed by atoms with E-state index in [0.29, 0.717) is 27.4 Å². The topological polar surface area (TPSA) is 65.4 Å². The molecule has 2 aromatic carbocycles. The Morgan fingerprint density at radius 3 is 2.39 bits per heavy atom. The fraction of sp³-hybridized carbons (Fsp3) is 0.200. The van der Waals surface area contributed by atoms with Gasteiger partial charge in [-0.3, -0.25) is 4.79 Å². The average Bonchev–Trinajstić information content (AvgIpc) is 3.11. The van der Waals surface area contributed by atoms with E-state index in [1.807, 2.05) is 7.05 Å². The molecule has 1 heterocycles. The normalized spacial score (nSPS) is 11.8. The van der Waals surface area contributed by atoms with Gasteiger partial charge in [0.2, 0.25) is 0 Å². The van der Waals surface area contributed by atoms with Crippen LogP contribution >= 0.6 is 15.9 Å². The number of amides is 1. The molecule has 1 atom stereocenters. The highest BCUT2D eigenvalue weighted by Gasteiger charge is 2.24. The summed E-state index contributed by atoms with van der Waals surface area (Å²) in [6.45, 7) is 0. The second kappa shape index (κ2) is 8.43. The van der Waals surface area contributed by atoms with Crippen molar-refractivity contribution in [2.75, 3.05) is 14.2 Å². The first kappa shape index (κ1) is 19.9. The van der Waals surface area contributed by atoms with Gasteiger partial charge in [-0.1, -0.05) is 15.9 Å². The zero-order valence-corrected chi connectivity index (χ0v) is 17.2. The molecule has 6 nitrogen and oxygen atoms in total. The molecule has 0 saturated carbocycles. The molecule has 0 spiro atoms. The van der Waals surface area contributed by atoms with Gasteiger partial charge in [0.25, 0.3) is 5.91 Å². The monoisotopic (exact) mass is 447 g/mol. The standard InChI is InChI=1S/C20H19BrFN3O3/c1-25-7-6-23-19(25)18(12-8-14(27-2)11-15(9-12)28-3)24-20(26)16-5-4-13(21)10-17(16)22/h4-11,18H,1-3H3,(H,24,26)/t18-/m1/s1. The lowest BCUT2D eigenvalue weighted by Crippen LogP contribution is -2.31. The lowest BCUT2D eigenvalue weighted by atomic mass is 10.0. The number of aryl methyl sites for hydroxylation is 1. The van der Waals surface area contributed by atoms with Crippen LogP contribution in [0.25, 0.3) is 0 Å². The minimum absolute atomic E-state index is 0.0581. The first-order valence-electron chi connectivity index (χ1n) is 8.39. The Labute approximate surface area is 170 Å². The van der Waals surface area contributed by atoms with Crippen molar-refractivity contribution >= 4 is 21.8 Å². The predicted octanol–water partition coefficient (Wildman–Crippen LogP) is 3.86. The number of methoxy groups -OCH3 is 2. The van der Waals surface area contributed by atoms with Crippen LogP contribution in [-0.2, 0) is 7.05 Å². The third kappa shape index (κ3) is 4.17. The highest BCUT2D eigenvalue weighted by atomic mass is 79.9. The number of carbonyl (C=O) groups excluding carboxylic acids is 1. The second-order valence-electron chi connectivity index (χ2n) is 6.07. The van der Waals surface area contributed by atoms with Crippen molar-refractivity contribution in [2.45, 2.75) is 6.04 Å². The van der Waals surface area contributed by atoms with Gasteiger partial charge < -0.3 is 19.4 Å². The van der Waals surface area contributed by atoms with Crippen LogP contribution in [0, 0.1) is 5.82 Å². The van der Waals surface area contributed by atoms with Crippen LogP contribution in [0.3, 0.4) is 0 Å². The molecule has 8 heteroatoms. The Morgan fingerprint density at radius 1 is 1.18 bits per heavy atom. The summed E-state index contributed by atoms with van der Waals surface area (Å²) in [7, 11) is 4.91. The zero-order chi connectivity index (χ0) is 20.3. The van der Waals surface area contributed by atoms with Gasteiger partial charge in [-0.2, -0.15) is 0 Å². The Balaban J connectivity index is 2.04. The smallest absolute Gasteiger partial charge is 0.255 e. The minimum Gasteiger partial charge on any atom is -0.497 e. The molecule has 0 aliphatic rings. The molecule has 146 valence electrons. The molecule has 28 heavy (non-hydrogen) atoms. The molecule has 0 radical (unpaired) electrons. The number of carbonyl (C=O) groups is 1. The lowest BCUT2D eigenvalue weighted by Gasteiger charge is -2.21. The summed E-state index contributed by atoms with van der Waals surface area (Å²) in [4.78, 5) is 17.2. The Bertz CT molecular complexity index is 984.